The third-order valence-electron chi connectivity index (χ3n) is 6.03. The van der Waals surface area contributed by atoms with Gasteiger partial charge in [0.15, 0.2) is 0 Å². The van der Waals surface area contributed by atoms with E-state index in [9.17, 15) is 0 Å². The van der Waals surface area contributed by atoms with Gasteiger partial charge in [0.25, 0.3) is 0 Å². The molecule has 5 nitrogen and oxygen atoms in total. The number of hydrogen-bond donors (Lipinski definition) is 1. The summed E-state index contributed by atoms with van der Waals surface area (Å²) < 4.78 is 4.53. The number of hydrogen-bond acceptors (Lipinski definition) is 6. The fourth-order valence-corrected chi connectivity index (χ4v) is 5.00. The van der Waals surface area contributed by atoms with Crippen LogP contribution in [0.1, 0.15) is 69.4 Å². The third-order valence-corrected chi connectivity index (χ3v) is 6.81. The van der Waals surface area contributed by atoms with Gasteiger partial charge in [-0.2, -0.15) is 9.36 Å². The van der Waals surface area contributed by atoms with E-state index in [1.54, 1.807) is 0 Å². The van der Waals surface area contributed by atoms with Crippen molar-refractivity contribution < 1.29 is 0 Å². The Morgan fingerprint density at radius 1 is 0.867 bits per heavy atom. The summed E-state index contributed by atoms with van der Waals surface area (Å²) in [6.07, 6.45) is 10.8. The molecule has 1 aliphatic rings. The molecule has 166 valence electrons. The Balaban J connectivity index is 1.36. The summed E-state index contributed by atoms with van der Waals surface area (Å²) in [6, 6.07) is 6.57. The molecule has 0 spiro atoms. The zero-order chi connectivity index (χ0) is 21.2. The second kappa shape index (κ2) is 12.1. The molecule has 0 amide bonds. The number of unbranched alkanes of at least 4 members (excludes halogenated alkanes) is 7. The number of piperazine rings is 1. The van der Waals surface area contributed by atoms with E-state index in [2.05, 4.69) is 58.5 Å². The van der Waals surface area contributed by atoms with Gasteiger partial charge in [-0.05, 0) is 31.4 Å². The fraction of sp³-hybridized carbons (Fsp3) is 0.667. The zero-order valence-electron chi connectivity index (χ0n) is 19.1. The molecule has 1 fully saturated rings. The smallest absolute Gasteiger partial charge is 0.236 e. The van der Waals surface area contributed by atoms with E-state index in [1.165, 1.54) is 79.7 Å². The van der Waals surface area contributed by atoms with Crippen molar-refractivity contribution >= 4 is 28.3 Å². The van der Waals surface area contributed by atoms with Crippen molar-refractivity contribution in [3.8, 4) is 0 Å². The Morgan fingerprint density at radius 2 is 1.47 bits per heavy atom. The second-order valence-electron chi connectivity index (χ2n) is 8.52. The maximum Gasteiger partial charge on any atom is 0.236 e. The van der Waals surface area contributed by atoms with Crippen LogP contribution in [0, 0.1) is 13.8 Å². The quantitative estimate of drug-likeness (QED) is 0.417. The highest BCUT2D eigenvalue weighted by Crippen LogP contribution is 2.27. The Hall–Kier alpha value is -1.82. The van der Waals surface area contributed by atoms with Crippen molar-refractivity contribution in [1.82, 2.24) is 9.36 Å². The Bertz CT molecular complexity index is 732. The topological polar surface area (TPSA) is 44.3 Å². The van der Waals surface area contributed by atoms with E-state index in [4.69, 9.17) is 4.98 Å². The van der Waals surface area contributed by atoms with Crippen molar-refractivity contribution in [1.29, 1.82) is 0 Å². The first-order chi connectivity index (χ1) is 14.7. The molecule has 1 aromatic heterocycles. The molecular weight excluding hydrogens is 390 g/mol. The summed E-state index contributed by atoms with van der Waals surface area (Å²) in [6.45, 7) is 11.7. The lowest BCUT2D eigenvalue weighted by atomic mass is 10.1. The maximum absolute atomic E-state index is 4.74. The molecule has 2 heterocycles. The standard InChI is InChI=1S/C24H39N5S/c1-4-5-6-7-8-9-10-11-15-25-23-26-24(30-27-23)29-18-16-28(17-19-29)22-20(2)13-12-14-21(22)3/h12-14H,4-11,15-19H2,1-3H3,(H,25,27). The molecule has 1 aliphatic heterocycles. The lowest BCUT2D eigenvalue weighted by molar-refractivity contribution is 0.581. The first kappa shape index (κ1) is 22.9. The predicted octanol–water partition coefficient (Wildman–Crippen LogP) is 6.03. The van der Waals surface area contributed by atoms with Crippen molar-refractivity contribution in [3.05, 3.63) is 29.3 Å². The molecule has 1 N–H and O–H groups in total. The Labute approximate surface area is 187 Å². The average molecular weight is 430 g/mol. The summed E-state index contributed by atoms with van der Waals surface area (Å²) in [5, 5.41) is 4.47. The summed E-state index contributed by atoms with van der Waals surface area (Å²) in [7, 11) is 0. The lowest BCUT2D eigenvalue weighted by Crippen LogP contribution is -2.47. The van der Waals surface area contributed by atoms with Crippen LogP contribution >= 0.6 is 11.5 Å². The van der Waals surface area contributed by atoms with Crippen LogP contribution in [0.15, 0.2) is 18.2 Å². The number of aryl methyl sites for hydroxylation is 2. The minimum Gasteiger partial charge on any atom is -0.368 e. The lowest BCUT2D eigenvalue weighted by Gasteiger charge is -2.37. The van der Waals surface area contributed by atoms with Gasteiger partial charge in [0.1, 0.15) is 0 Å². The van der Waals surface area contributed by atoms with E-state index in [-0.39, 0.29) is 0 Å². The van der Waals surface area contributed by atoms with Crippen LogP contribution in [0.4, 0.5) is 16.8 Å². The molecule has 0 radical (unpaired) electrons. The van der Waals surface area contributed by atoms with Crippen molar-refractivity contribution in [2.45, 2.75) is 72.1 Å². The monoisotopic (exact) mass is 429 g/mol. The van der Waals surface area contributed by atoms with E-state index in [1.807, 2.05) is 0 Å². The van der Waals surface area contributed by atoms with Crippen LogP contribution in [-0.2, 0) is 0 Å². The van der Waals surface area contributed by atoms with Gasteiger partial charge in [-0.15, -0.1) is 0 Å². The molecule has 6 heteroatoms. The minimum absolute atomic E-state index is 0.801. The molecule has 0 unspecified atom stereocenters. The fourth-order valence-electron chi connectivity index (χ4n) is 4.30. The van der Waals surface area contributed by atoms with Crippen molar-refractivity contribution in [2.75, 3.05) is 47.8 Å². The molecule has 1 saturated heterocycles. The van der Waals surface area contributed by atoms with Gasteiger partial charge < -0.3 is 15.1 Å². The minimum atomic E-state index is 0.801. The van der Waals surface area contributed by atoms with Gasteiger partial charge >= 0.3 is 0 Å². The number of benzene rings is 1. The first-order valence-electron chi connectivity index (χ1n) is 11.8. The summed E-state index contributed by atoms with van der Waals surface area (Å²) >= 11 is 1.52. The van der Waals surface area contributed by atoms with Crippen molar-refractivity contribution in [2.24, 2.45) is 0 Å². The van der Waals surface area contributed by atoms with Gasteiger partial charge in [-0.1, -0.05) is 70.1 Å². The van der Waals surface area contributed by atoms with E-state index in [0.29, 0.717) is 0 Å². The van der Waals surface area contributed by atoms with Crippen LogP contribution in [0.5, 0.6) is 0 Å². The number of anilines is 3. The molecule has 3 rings (SSSR count). The summed E-state index contributed by atoms with van der Waals surface area (Å²) in [5.74, 6) is 0.801. The van der Waals surface area contributed by atoms with Crippen LogP contribution < -0.4 is 15.1 Å². The molecular formula is C24H39N5S. The van der Waals surface area contributed by atoms with Crippen LogP contribution in [0.3, 0.4) is 0 Å². The number of nitrogens with one attached hydrogen (secondary N) is 1. The highest BCUT2D eigenvalue weighted by atomic mass is 32.1. The van der Waals surface area contributed by atoms with Gasteiger partial charge in [0, 0.05) is 49.9 Å². The SMILES string of the molecule is CCCCCCCCCCNc1nsc(N2CCN(c3c(C)cccc3C)CC2)n1. The van der Waals surface area contributed by atoms with Crippen LogP contribution in [0.2, 0.25) is 0 Å². The van der Waals surface area contributed by atoms with E-state index < -0.39 is 0 Å². The summed E-state index contributed by atoms with van der Waals surface area (Å²) in [5.41, 5.74) is 4.14. The molecule has 0 atom stereocenters. The van der Waals surface area contributed by atoms with E-state index >= 15 is 0 Å². The normalized spacial score (nSPS) is 14.4. The zero-order valence-corrected chi connectivity index (χ0v) is 19.9. The van der Waals surface area contributed by atoms with E-state index in [0.717, 1.165) is 43.8 Å². The molecule has 2 aromatic rings. The molecule has 1 aromatic carbocycles. The molecule has 30 heavy (non-hydrogen) atoms. The van der Waals surface area contributed by atoms with Gasteiger partial charge in [0.2, 0.25) is 11.1 Å². The number of nitrogens with zero attached hydrogens (tertiary/aromatic N) is 4. The average Bonchev–Trinajstić information content (AvgIpc) is 3.22. The largest absolute Gasteiger partial charge is 0.368 e. The Kier molecular flexibility index (Phi) is 9.25. The van der Waals surface area contributed by atoms with Gasteiger partial charge in [0.05, 0.1) is 0 Å². The van der Waals surface area contributed by atoms with Crippen LogP contribution in [-0.4, -0.2) is 42.1 Å². The molecule has 0 aliphatic carbocycles. The summed E-state index contributed by atoms with van der Waals surface area (Å²) in [4.78, 5) is 9.63. The van der Waals surface area contributed by atoms with Gasteiger partial charge in [-0.25, -0.2) is 0 Å². The van der Waals surface area contributed by atoms with Crippen molar-refractivity contribution in [3.63, 3.8) is 0 Å². The number of para-hydroxylation sites is 1. The highest BCUT2D eigenvalue weighted by molar-refractivity contribution is 7.09. The third kappa shape index (κ3) is 6.59. The highest BCUT2D eigenvalue weighted by Gasteiger charge is 2.22. The molecule has 0 saturated carbocycles. The number of rotatable bonds is 12. The number of aromatic nitrogens is 2. The predicted molar refractivity (Wildman–Crippen MR) is 131 cm³/mol. The second-order valence-corrected chi connectivity index (χ2v) is 9.25. The van der Waals surface area contributed by atoms with Crippen LogP contribution in [0.25, 0.3) is 0 Å². The molecule has 0 bridgehead atoms. The Morgan fingerprint density at radius 3 is 2.13 bits per heavy atom. The maximum atomic E-state index is 4.74. The first-order valence-corrected chi connectivity index (χ1v) is 12.6. The van der Waals surface area contributed by atoms with Gasteiger partial charge in [-0.3, -0.25) is 0 Å².